The van der Waals surface area contributed by atoms with Gasteiger partial charge in [-0.15, -0.1) is 54.1 Å². The molecule has 4 nitrogen and oxygen atoms in total. The van der Waals surface area contributed by atoms with Crippen molar-refractivity contribution in [3.8, 4) is 22.5 Å². The third kappa shape index (κ3) is 6.59. The van der Waals surface area contributed by atoms with Gasteiger partial charge in [0.05, 0.1) is 5.58 Å². The maximum absolute atomic E-state index is 6.50. The van der Waals surface area contributed by atoms with Crippen LogP contribution in [-0.2, 0) is 26.5 Å². The molecule has 1 radical (unpaired) electrons. The molecule has 0 amide bonds. The van der Waals surface area contributed by atoms with Crippen molar-refractivity contribution in [1.82, 2.24) is 15.0 Å². The Morgan fingerprint density at radius 2 is 1.47 bits per heavy atom. The zero-order valence-electron chi connectivity index (χ0n) is 25.0. The molecule has 0 saturated carbocycles. The molecule has 0 aliphatic rings. The van der Waals surface area contributed by atoms with Crippen LogP contribution in [0.5, 0.6) is 0 Å². The first kappa shape index (κ1) is 30.3. The quantitative estimate of drug-likeness (QED) is 0.170. The van der Waals surface area contributed by atoms with E-state index in [2.05, 4.69) is 84.3 Å². The van der Waals surface area contributed by atoms with E-state index in [4.69, 9.17) is 4.42 Å². The molecule has 7 aromatic rings. The molecule has 5 heteroatoms. The zero-order valence-corrected chi connectivity index (χ0v) is 27.4. The Labute approximate surface area is 266 Å². The number of fused-ring (bicyclic) bond motifs is 5. The number of rotatable bonds is 3. The van der Waals surface area contributed by atoms with Gasteiger partial charge in [-0.3, -0.25) is 4.98 Å². The molecule has 0 fully saturated rings. The summed E-state index contributed by atoms with van der Waals surface area (Å²) in [6.07, 6.45) is 4.67. The maximum atomic E-state index is 6.50. The molecular weight excluding hydrogens is 707 g/mol. The van der Waals surface area contributed by atoms with Gasteiger partial charge in [0, 0.05) is 60.0 Å². The SMILES string of the molecule is Cc1cc2c(ccc3c4cc[c-]c(-c5cc(CC(C)(C)C)ccn5)c4oc23)c(C)n1.[Ir].[c-]1ccccc1-c1ccccn1. The van der Waals surface area contributed by atoms with Crippen molar-refractivity contribution in [2.24, 2.45) is 5.41 Å². The van der Waals surface area contributed by atoms with E-state index in [1.54, 1.807) is 6.20 Å². The molecule has 4 aromatic heterocycles. The maximum Gasteiger partial charge on any atom is 0.128 e. The van der Waals surface area contributed by atoms with Gasteiger partial charge in [-0.25, -0.2) is 0 Å². The Morgan fingerprint density at radius 3 is 2.21 bits per heavy atom. The fourth-order valence-electron chi connectivity index (χ4n) is 5.45. The number of nitrogens with zero attached hydrogens (tertiary/aromatic N) is 3. The minimum Gasteiger partial charge on any atom is -0.500 e. The smallest absolute Gasteiger partial charge is 0.128 e. The van der Waals surface area contributed by atoms with Crippen LogP contribution in [0.4, 0.5) is 0 Å². The van der Waals surface area contributed by atoms with E-state index >= 15 is 0 Å². The summed E-state index contributed by atoms with van der Waals surface area (Å²) < 4.78 is 6.50. The topological polar surface area (TPSA) is 51.8 Å². The summed E-state index contributed by atoms with van der Waals surface area (Å²) >= 11 is 0. The van der Waals surface area contributed by atoms with Gasteiger partial charge < -0.3 is 14.4 Å². The number of furan rings is 1. The van der Waals surface area contributed by atoms with E-state index in [0.29, 0.717) is 0 Å². The molecule has 4 heterocycles. The number of hydrogen-bond acceptors (Lipinski definition) is 4. The Kier molecular flexibility index (Phi) is 8.87. The first-order chi connectivity index (χ1) is 20.3. The summed E-state index contributed by atoms with van der Waals surface area (Å²) in [7, 11) is 0. The second-order valence-electron chi connectivity index (χ2n) is 11.9. The van der Waals surface area contributed by atoms with E-state index < -0.39 is 0 Å². The summed E-state index contributed by atoms with van der Waals surface area (Å²) in [5.74, 6) is 0. The van der Waals surface area contributed by atoms with Crippen LogP contribution in [0.2, 0.25) is 0 Å². The zero-order chi connectivity index (χ0) is 29.3. The normalized spacial score (nSPS) is 11.3. The average molecular weight is 740 g/mol. The largest absolute Gasteiger partial charge is 0.500 e. The molecule has 3 aromatic carbocycles. The number of aromatic nitrogens is 3. The average Bonchev–Trinajstić information content (AvgIpc) is 3.37. The third-order valence-electron chi connectivity index (χ3n) is 7.19. The fourth-order valence-corrected chi connectivity index (χ4v) is 5.45. The number of hydrogen-bond donors (Lipinski definition) is 0. The minimum absolute atomic E-state index is 0. The van der Waals surface area contributed by atoms with E-state index in [0.717, 1.165) is 73.0 Å². The van der Waals surface area contributed by atoms with Crippen LogP contribution in [0.15, 0.2) is 102 Å². The number of aryl methyl sites for hydroxylation is 2. The first-order valence-electron chi connectivity index (χ1n) is 14.2. The van der Waals surface area contributed by atoms with E-state index in [1.807, 2.05) is 68.6 Å². The monoisotopic (exact) mass is 740 g/mol. The molecule has 7 rings (SSSR count). The molecule has 0 bridgehead atoms. The van der Waals surface area contributed by atoms with Gasteiger partial charge in [0.2, 0.25) is 0 Å². The van der Waals surface area contributed by atoms with Gasteiger partial charge in [0.15, 0.2) is 0 Å². The second kappa shape index (κ2) is 12.6. The van der Waals surface area contributed by atoms with Crippen LogP contribution in [-0.4, -0.2) is 15.0 Å². The Hall–Kier alpha value is -4.18. The van der Waals surface area contributed by atoms with Crippen molar-refractivity contribution in [2.75, 3.05) is 0 Å². The van der Waals surface area contributed by atoms with Crippen LogP contribution in [0.3, 0.4) is 0 Å². The van der Waals surface area contributed by atoms with Crippen molar-refractivity contribution in [1.29, 1.82) is 0 Å². The van der Waals surface area contributed by atoms with Gasteiger partial charge in [0.1, 0.15) is 5.58 Å². The van der Waals surface area contributed by atoms with Gasteiger partial charge in [-0.1, -0.05) is 67.6 Å². The summed E-state index contributed by atoms with van der Waals surface area (Å²) in [4.78, 5) is 13.5. The molecule has 0 saturated heterocycles. The van der Waals surface area contributed by atoms with Crippen molar-refractivity contribution in [2.45, 2.75) is 41.0 Å². The van der Waals surface area contributed by atoms with E-state index in [-0.39, 0.29) is 25.5 Å². The van der Waals surface area contributed by atoms with Crippen molar-refractivity contribution in [3.05, 3.63) is 126 Å². The van der Waals surface area contributed by atoms with Gasteiger partial charge in [-0.2, -0.15) is 0 Å². The molecule has 217 valence electrons. The van der Waals surface area contributed by atoms with Gasteiger partial charge in [0.25, 0.3) is 0 Å². The molecule has 43 heavy (non-hydrogen) atoms. The third-order valence-corrected chi connectivity index (χ3v) is 7.19. The second-order valence-corrected chi connectivity index (χ2v) is 11.9. The predicted octanol–water partition coefficient (Wildman–Crippen LogP) is 9.75. The van der Waals surface area contributed by atoms with Crippen LogP contribution < -0.4 is 0 Å². The summed E-state index contributed by atoms with van der Waals surface area (Å²) in [6.45, 7) is 10.8. The molecule has 0 N–H and O–H groups in total. The Morgan fingerprint density at radius 1 is 0.698 bits per heavy atom. The summed E-state index contributed by atoms with van der Waals surface area (Å²) in [5, 5.41) is 4.44. The minimum atomic E-state index is 0. The molecule has 0 unspecified atom stereocenters. The van der Waals surface area contributed by atoms with Crippen LogP contribution in [0, 0.1) is 31.4 Å². The van der Waals surface area contributed by atoms with Crippen LogP contribution in [0.1, 0.15) is 37.7 Å². The van der Waals surface area contributed by atoms with E-state index in [1.165, 1.54) is 5.56 Å². The van der Waals surface area contributed by atoms with Gasteiger partial charge in [-0.05, 0) is 55.3 Å². The molecule has 0 atom stereocenters. The van der Waals surface area contributed by atoms with E-state index in [9.17, 15) is 0 Å². The molecular formula is C38H33IrN3O-2. The Bertz CT molecular complexity index is 1970. The number of pyridine rings is 3. The van der Waals surface area contributed by atoms with Crippen molar-refractivity contribution >= 4 is 32.7 Å². The molecule has 0 aliphatic heterocycles. The van der Waals surface area contributed by atoms with Crippen LogP contribution in [0.25, 0.3) is 55.2 Å². The summed E-state index contributed by atoms with van der Waals surface area (Å²) in [5.41, 5.74) is 9.08. The molecule has 0 aliphatic carbocycles. The van der Waals surface area contributed by atoms with Crippen LogP contribution >= 0.6 is 0 Å². The standard InChI is InChI=1S/C27H25N2O.C11H8N.Ir/c1-16-13-23-19(17(2)29-16)9-10-21-20-7-6-8-22(25(20)30-26(21)23)24-14-18(11-12-28-24)15-27(3,4)5;1-2-6-10(7-3-1)11-8-4-5-9-12-11;/h6-7,9-14H,15H2,1-5H3;1-6,8-9H;/q2*-1;. The predicted molar refractivity (Wildman–Crippen MR) is 172 cm³/mol. The first-order valence-corrected chi connectivity index (χ1v) is 14.2. The number of benzene rings is 3. The fraction of sp³-hybridized carbons (Fsp3) is 0.184. The molecule has 0 spiro atoms. The Balaban J connectivity index is 0.000000238. The summed E-state index contributed by atoms with van der Waals surface area (Å²) in [6, 6.07) is 34.9. The van der Waals surface area contributed by atoms with Gasteiger partial charge >= 0.3 is 0 Å². The van der Waals surface area contributed by atoms with Crippen molar-refractivity contribution in [3.63, 3.8) is 0 Å². The van der Waals surface area contributed by atoms with Crippen molar-refractivity contribution < 1.29 is 24.5 Å².